The number of hydrogen-bond acceptors (Lipinski definition) is 10. The van der Waals surface area contributed by atoms with Crippen LogP contribution >= 0.6 is 0 Å². The van der Waals surface area contributed by atoms with Crippen molar-refractivity contribution in [2.24, 2.45) is 20.0 Å². The molecule has 0 bridgehead atoms. The van der Waals surface area contributed by atoms with E-state index in [0.717, 1.165) is 118 Å². The third-order valence-electron chi connectivity index (χ3n) is 16.2. The van der Waals surface area contributed by atoms with Gasteiger partial charge in [-0.3, -0.25) is 29.9 Å². The van der Waals surface area contributed by atoms with E-state index in [1.807, 2.05) is 43.3 Å². The minimum absolute atomic E-state index is 0. The van der Waals surface area contributed by atoms with Gasteiger partial charge in [-0.1, -0.05) is 255 Å². The van der Waals surface area contributed by atoms with E-state index in [-0.39, 0.29) is 17.1 Å². The topological polar surface area (TPSA) is 123 Å². The molecular weight excluding hydrogens is 1120 g/mol. The first-order valence-corrected chi connectivity index (χ1v) is 30.9. The van der Waals surface area contributed by atoms with Crippen LogP contribution in [0.15, 0.2) is 305 Å². The maximum atomic E-state index is 4.38. The normalized spacial score (nSPS) is 14.2. The minimum atomic E-state index is -1.22. The number of nitrogens with one attached hydrogen (secondary N) is 4. The fourth-order valence-electron chi connectivity index (χ4n) is 12.2. The van der Waals surface area contributed by atoms with Gasteiger partial charge in [0.2, 0.25) is 0 Å². The Hall–Kier alpha value is -9.41. The average Bonchev–Trinajstić information content (AvgIpc) is 1.14. The molecule has 0 spiro atoms. The van der Waals surface area contributed by atoms with Crippen molar-refractivity contribution in [2.45, 2.75) is 32.6 Å². The van der Waals surface area contributed by atoms with Crippen molar-refractivity contribution in [3.05, 3.63) is 291 Å². The maximum Gasteiger partial charge on any atom is 2.00 e. The molecule has 10 nitrogen and oxygen atoms in total. The Morgan fingerprint density at radius 3 is 0.716 bits per heavy atom. The Labute approximate surface area is 531 Å². The Morgan fingerprint density at radius 2 is 0.511 bits per heavy atom. The van der Waals surface area contributed by atoms with Crippen molar-refractivity contribution in [2.75, 3.05) is 52.4 Å². The fourth-order valence-corrected chi connectivity index (χ4v) is 12.2. The van der Waals surface area contributed by atoms with Crippen molar-refractivity contribution in [3.8, 4) is 11.4 Å². The Kier molecular flexibility index (Phi) is 24.0. The number of benzene rings is 8. The van der Waals surface area contributed by atoms with Crippen LogP contribution in [-0.4, -0.2) is 98.0 Å². The standard InChI is InChI=1S/2C24H20B.C11H10N2.2C8H14N4.Fe/c2*1-5-13-21(14-6-1)25(22-15-7-2-8-16-22,23-17-9-3-10-18-23)24-19-11-4-12-20-24;1-9-5-4-7-11(13-9)10-6-2-3-8-12-10;2*1-3-9-7(10-4-1)8-11-5-2-6-12-8;/h2*1-20H;2-8H,1H3;2*1-6H2,(H,9,10)(H,11,12);/q2*-1;;;;+2. The first-order valence-electron chi connectivity index (χ1n) is 30.9. The molecule has 0 aliphatic carbocycles. The van der Waals surface area contributed by atoms with Crippen molar-refractivity contribution in [1.29, 1.82) is 0 Å². The molecule has 0 amide bonds. The first kappa shape index (κ1) is 63.1. The van der Waals surface area contributed by atoms with E-state index in [2.05, 4.69) is 294 Å². The second-order valence-corrected chi connectivity index (χ2v) is 21.9. The number of hydrogen-bond donors (Lipinski definition) is 4. The Morgan fingerprint density at radius 1 is 0.273 bits per heavy atom. The molecule has 14 rings (SSSR count). The molecule has 4 N–H and O–H groups in total. The summed E-state index contributed by atoms with van der Waals surface area (Å²) in [5.74, 6) is 3.84. The van der Waals surface area contributed by atoms with Crippen LogP contribution in [0.25, 0.3) is 11.4 Å². The van der Waals surface area contributed by atoms with Gasteiger partial charge in [-0.2, -0.15) is 43.7 Å². The summed E-state index contributed by atoms with van der Waals surface area (Å²) in [5.41, 5.74) is 13.6. The summed E-state index contributed by atoms with van der Waals surface area (Å²) in [6.07, 6.45) is 3.89. The summed E-state index contributed by atoms with van der Waals surface area (Å²) in [5, 5.41) is 13.0. The fraction of sp³-hybridized carbons (Fsp3) is 0.173. The first-order chi connectivity index (χ1) is 43.1. The summed E-state index contributed by atoms with van der Waals surface area (Å²) in [6, 6.07) is 98.8. The molecule has 0 fully saturated rings. The summed E-state index contributed by atoms with van der Waals surface area (Å²) < 4.78 is 0. The van der Waals surface area contributed by atoms with Crippen molar-refractivity contribution in [1.82, 2.24) is 31.2 Å². The van der Waals surface area contributed by atoms with Crippen LogP contribution in [0.2, 0.25) is 0 Å². The van der Waals surface area contributed by atoms with Crippen molar-refractivity contribution >= 4 is 79.3 Å². The maximum absolute atomic E-state index is 4.38. The summed E-state index contributed by atoms with van der Waals surface area (Å²) in [7, 11) is 0. The molecule has 88 heavy (non-hydrogen) atoms. The second kappa shape index (κ2) is 33.5. The summed E-state index contributed by atoms with van der Waals surface area (Å²) >= 11 is 0. The van der Waals surface area contributed by atoms with Gasteiger partial charge < -0.3 is 21.3 Å². The zero-order valence-corrected chi connectivity index (χ0v) is 51.4. The molecule has 4 aliphatic rings. The average molecular weight is 1200 g/mol. The van der Waals surface area contributed by atoms with E-state index in [9.17, 15) is 0 Å². The van der Waals surface area contributed by atoms with Gasteiger partial charge in [0, 0.05) is 64.2 Å². The van der Waals surface area contributed by atoms with Crippen LogP contribution in [0.3, 0.4) is 0 Å². The molecular formula is C75H78B2FeN10. The molecule has 0 radical (unpaired) electrons. The predicted octanol–water partition coefficient (Wildman–Crippen LogP) is 8.12. The molecule has 2 aromatic heterocycles. The van der Waals surface area contributed by atoms with Gasteiger partial charge >= 0.3 is 17.1 Å². The molecule has 0 saturated heterocycles. The van der Waals surface area contributed by atoms with Crippen LogP contribution < -0.4 is 65.0 Å². The third kappa shape index (κ3) is 16.2. The van der Waals surface area contributed by atoms with Gasteiger partial charge in [0.15, 0.2) is 23.3 Å². The predicted molar refractivity (Wildman–Crippen MR) is 372 cm³/mol. The second-order valence-electron chi connectivity index (χ2n) is 21.9. The Bertz CT molecular complexity index is 3170. The molecule has 0 saturated carbocycles. The van der Waals surface area contributed by atoms with Crippen LogP contribution in [0.4, 0.5) is 0 Å². The molecule has 6 heterocycles. The molecule has 13 heteroatoms. The Balaban J connectivity index is 0.000000136. The number of rotatable bonds is 11. The van der Waals surface area contributed by atoms with Crippen LogP contribution in [0.5, 0.6) is 0 Å². The molecule has 4 aliphatic heterocycles. The van der Waals surface area contributed by atoms with E-state index in [1.165, 1.54) is 43.7 Å². The van der Waals surface area contributed by atoms with Crippen LogP contribution in [-0.2, 0) is 17.1 Å². The van der Waals surface area contributed by atoms with Gasteiger partial charge in [-0.05, 0) is 56.9 Å². The number of aromatic nitrogens is 2. The zero-order valence-electron chi connectivity index (χ0n) is 50.3. The third-order valence-corrected chi connectivity index (χ3v) is 16.2. The number of nitrogens with zero attached hydrogens (tertiary/aromatic N) is 6. The smallest absolute Gasteiger partial charge is 0.367 e. The molecule has 0 unspecified atom stereocenters. The monoisotopic (exact) mass is 1200 g/mol. The number of amidine groups is 4. The van der Waals surface area contributed by atoms with E-state index in [0.29, 0.717) is 0 Å². The van der Waals surface area contributed by atoms with Crippen LogP contribution in [0.1, 0.15) is 31.4 Å². The van der Waals surface area contributed by atoms with E-state index >= 15 is 0 Å². The van der Waals surface area contributed by atoms with Gasteiger partial charge in [0.1, 0.15) is 12.3 Å². The van der Waals surface area contributed by atoms with Gasteiger partial charge in [-0.15, -0.1) is 0 Å². The van der Waals surface area contributed by atoms with E-state index < -0.39 is 12.3 Å². The molecule has 0 atom stereocenters. The number of aryl methyl sites for hydroxylation is 1. The van der Waals surface area contributed by atoms with Crippen molar-refractivity contribution < 1.29 is 17.1 Å². The van der Waals surface area contributed by atoms with Crippen molar-refractivity contribution in [3.63, 3.8) is 0 Å². The number of pyridine rings is 2. The largest absolute Gasteiger partial charge is 2.00 e. The summed E-state index contributed by atoms with van der Waals surface area (Å²) in [6.45, 7) is 9.82. The van der Waals surface area contributed by atoms with Crippen LogP contribution in [0, 0.1) is 6.92 Å². The SMILES string of the molecule is C1CN=C(C2=NCCCN2)NC1.C1CN=C(C2=NCCCN2)NC1.Cc1cccc(-c2ccccn2)n1.[Fe+2].c1ccc([B-](c2ccccc2)(c2ccccc2)c2ccccc2)cc1.c1ccc([B-](c2ccccc2)(c2ccccc2)c2ccccc2)cc1. The van der Waals surface area contributed by atoms with E-state index in [4.69, 9.17) is 0 Å². The zero-order chi connectivity index (χ0) is 59.5. The number of aliphatic imine (C=N–C) groups is 4. The molecule has 10 aromatic rings. The van der Waals surface area contributed by atoms with Gasteiger partial charge in [0.25, 0.3) is 0 Å². The quantitative estimate of drug-likeness (QED) is 0.0972. The minimum Gasteiger partial charge on any atom is -0.367 e. The summed E-state index contributed by atoms with van der Waals surface area (Å²) in [4.78, 5) is 26.1. The van der Waals surface area contributed by atoms with Gasteiger partial charge in [0.05, 0.1) is 11.4 Å². The molecule has 442 valence electrons. The van der Waals surface area contributed by atoms with E-state index in [1.54, 1.807) is 6.20 Å². The van der Waals surface area contributed by atoms with Gasteiger partial charge in [-0.25, -0.2) is 0 Å². The molecule has 8 aromatic carbocycles.